The molecule has 51 heavy (non-hydrogen) atoms. The van der Waals surface area contributed by atoms with Crippen LogP contribution < -0.4 is 5.32 Å². The fourth-order valence-corrected chi connectivity index (χ4v) is 12.4. The normalized spacial score (nSPS) is 33.4. The third kappa shape index (κ3) is 5.59. The summed E-state index contributed by atoms with van der Waals surface area (Å²) in [5, 5.41) is 4.11. The number of hydrogen-bond acceptors (Lipinski definition) is 6. The van der Waals surface area contributed by atoms with Crippen molar-refractivity contribution in [2.45, 2.75) is 132 Å². The van der Waals surface area contributed by atoms with Gasteiger partial charge in [-0.15, -0.1) is 11.3 Å². The quantitative estimate of drug-likeness (QED) is 0.316. The smallest absolute Gasteiger partial charge is 0.140 e. The molecular weight excluding hydrogens is 643 g/mol. The summed E-state index contributed by atoms with van der Waals surface area (Å²) in [4.78, 5) is 22.4. The first-order valence-electron chi connectivity index (χ1n) is 20.1. The predicted molar refractivity (Wildman–Crippen MR) is 209 cm³/mol. The first-order chi connectivity index (χ1) is 25.2. The first kappa shape index (κ1) is 31.9. The molecule has 6 aliphatic carbocycles. The van der Waals surface area contributed by atoms with Crippen LogP contribution in [0.5, 0.6) is 0 Å². The third-order valence-corrected chi connectivity index (χ3v) is 14.5. The Hall–Kier alpha value is -3.77. The molecule has 6 heteroatoms. The highest BCUT2D eigenvalue weighted by Gasteiger charge is 2.54. The van der Waals surface area contributed by atoms with E-state index < -0.39 is 0 Å². The highest BCUT2D eigenvalue weighted by atomic mass is 32.1. The van der Waals surface area contributed by atoms with Crippen molar-refractivity contribution in [3.8, 4) is 0 Å². The molecule has 2 aromatic rings. The van der Waals surface area contributed by atoms with E-state index in [0.29, 0.717) is 29.7 Å². The van der Waals surface area contributed by atoms with Crippen LogP contribution in [-0.2, 0) is 6.42 Å². The second-order valence-corrected chi connectivity index (χ2v) is 17.4. The lowest BCUT2D eigenvalue weighted by atomic mass is 9.72. The van der Waals surface area contributed by atoms with Crippen LogP contribution in [0, 0.1) is 5.92 Å². The molecule has 1 N–H and O–H groups in total. The van der Waals surface area contributed by atoms with E-state index in [1.54, 1.807) is 16.0 Å². The zero-order valence-corrected chi connectivity index (χ0v) is 30.8. The summed E-state index contributed by atoms with van der Waals surface area (Å²) in [6.45, 7) is 2.51. The molecule has 0 radical (unpaired) electrons. The van der Waals surface area contributed by atoms with Gasteiger partial charge in [0.2, 0.25) is 0 Å². The predicted octanol–water partition coefficient (Wildman–Crippen LogP) is 10.5. The van der Waals surface area contributed by atoms with E-state index in [4.69, 9.17) is 15.0 Å². The van der Waals surface area contributed by atoms with Gasteiger partial charge in [-0.25, -0.2) is 15.0 Å². The van der Waals surface area contributed by atoms with E-state index in [2.05, 4.69) is 108 Å². The van der Waals surface area contributed by atoms with Gasteiger partial charge in [-0.1, -0.05) is 67.7 Å². The second-order valence-electron chi connectivity index (χ2n) is 16.3. The average Bonchev–Trinajstić information content (AvgIpc) is 3.75. The van der Waals surface area contributed by atoms with Crippen molar-refractivity contribution in [3.05, 3.63) is 128 Å². The van der Waals surface area contributed by atoms with Crippen LogP contribution in [0.25, 0.3) is 6.08 Å². The Bertz CT molecular complexity index is 1950. The maximum atomic E-state index is 5.53. The minimum Gasteiger partial charge on any atom is -0.370 e. The number of aromatic nitrogens is 3. The Kier molecular flexibility index (Phi) is 8.34. The van der Waals surface area contributed by atoms with Crippen molar-refractivity contribution < 1.29 is 0 Å². The molecule has 262 valence electrons. The van der Waals surface area contributed by atoms with E-state index in [1.807, 2.05) is 0 Å². The first-order valence-corrected chi connectivity index (χ1v) is 20.9. The number of allylic oxidation sites excluding steroid dienone is 14. The molecule has 4 heterocycles. The van der Waals surface area contributed by atoms with E-state index in [9.17, 15) is 0 Å². The van der Waals surface area contributed by atoms with E-state index in [0.717, 1.165) is 75.3 Å². The minimum absolute atomic E-state index is 0.0863. The van der Waals surface area contributed by atoms with E-state index >= 15 is 0 Å². The summed E-state index contributed by atoms with van der Waals surface area (Å²) in [6, 6.07) is 0.449. The van der Waals surface area contributed by atoms with Crippen LogP contribution in [-0.4, -0.2) is 32.1 Å². The van der Waals surface area contributed by atoms with Gasteiger partial charge >= 0.3 is 0 Å². The van der Waals surface area contributed by atoms with Gasteiger partial charge in [0.1, 0.15) is 23.6 Å². The van der Waals surface area contributed by atoms with Crippen molar-refractivity contribution in [3.63, 3.8) is 0 Å². The fourth-order valence-electron chi connectivity index (χ4n) is 10.8. The zero-order chi connectivity index (χ0) is 33.9. The Morgan fingerprint density at radius 2 is 1.71 bits per heavy atom. The Labute approximate surface area is 307 Å². The Morgan fingerprint density at radius 1 is 0.804 bits per heavy atom. The number of nitrogens with zero attached hydrogens (tertiary/aromatic N) is 4. The van der Waals surface area contributed by atoms with Crippen LogP contribution in [0.3, 0.4) is 0 Å². The van der Waals surface area contributed by atoms with Gasteiger partial charge in [-0.2, -0.15) is 0 Å². The van der Waals surface area contributed by atoms with E-state index in [1.165, 1.54) is 47.4 Å². The molecule has 1 saturated heterocycles. The van der Waals surface area contributed by atoms with Crippen LogP contribution >= 0.6 is 11.3 Å². The molecule has 0 aromatic carbocycles. The molecule has 2 aromatic heterocycles. The fraction of sp³-hybridized carbons (Fsp3) is 0.489. The molecule has 7 unspecified atom stereocenters. The highest BCUT2D eigenvalue weighted by molar-refractivity contribution is 7.13. The van der Waals surface area contributed by atoms with Gasteiger partial charge in [-0.3, -0.25) is 0 Å². The molecule has 8 atom stereocenters. The second kappa shape index (κ2) is 13.3. The molecule has 5 nitrogen and oxygen atoms in total. The lowest BCUT2D eigenvalue weighted by molar-refractivity contribution is 0.136. The summed E-state index contributed by atoms with van der Waals surface area (Å²) in [5.41, 5.74) is 7.77. The molecule has 0 bridgehead atoms. The van der Waals surface area contributed by atoms with Crippen molar-refractivity contribution in [1.29, 1.82) is 0 Å². The summed E-state index contributed by atoms with van der Waals surface area (Å²) >= 11 is 2.12. The van der Waals surface area contributed by atoms with Gasteiger partial charge in [0.15, 0.2) is 0 Å². The third-order valence-electron chi connectivity index (χ3n) is 13.2. The molecular formula is C45H51N5S. The van der Waals surface area contributed by atoms with Crippen LogP contribution in [0.4, 0.5) is 0 Å². The number of fused-ring (bicyclic) bond motifs is 7. The zero-order valence-electron chi connectivity index (χ0n) is 30.0. The van der Waals surface area contributed by atoms with Crippen molar-refractivity contribution in [2.24, 2.45) is 5.92 Å². The molecule has 1 fully saturated rings. The number of thiophene rings is 1. The summed E-state index contributed by atoms with van der Waals surface area (Å²) in [5.74, 6) is 5.39. The maximum absolute atomic E-state index is 5.53. The lowest BCUT2D eigenvalue weighted by Gasteiger charge is -2.45. The van der Waals surface area contributed by atoms with Crippen molar-refractivity contribution in [1.82, 2.24) is 25.2 Å². The summed E-state index contributed by atoms with van der Waals surface area (Å²) in [7, 11) is 0. The van der Waals surface area contributed by atoms with Crippen LogP contribution in [0.2, 0.25) is 0 Å². The molecule has 0 spiro atoms. The SMILES string of the molecule is CC1CC2[C@H](c3sc4c(c31)CCC=C4)C1CC=CC=C1N2C1NC=C(C2=CC=CCC2)CC1c1nc(C2C=CCCC2)nc(C2CC=CCC2)n1. The average molecular weight is 694 g/mol. The minimum atomic E-state index is 0.0863. The monoisotopic (exact) mass is 693 g/mol. The van der Waals surface area contributed by atoms with Gasteiger partial charge in [0.25, 0.3) is 0 Å². The van der Waals surface area contributed by atoms with Gasteiger partial charge in [0.05, 0.1) is 5.92 Å². The number of likely N-dealkylation sites (tertiary alicyclic amines) is 1. The summed E-state index contributed by atoms with van der Waals surface area (Å²) < 4.78 is 0. The molecule has 0 saturated carbocycles. The van der Waals surface area contributed by atoms with Crippen molar-refractivity contribution >= 4 is 17.4 Å². The number of hydrogen-bond donors (Lipinski definition) is 1. The topological polar surface area (TPSA) is 53.9 Å². The van der Waals surface area contributed by atoms with Crippen molar-refractivity contribution in [2.75, 3.05) is 0 Å². The van der Waals surface area contributed by atoms with Crippen LogP contribution in [0.1, 0.15) is 152 Å². The van der Waals surface area contributed by atoms with Gasteiger partial charge < -0.3 is 10.2 Å². The molecule has 2 aliphatic heterocycles. The largest absolute Gasteiger partial charge is 0.370 e. The highest BCUT2D eigenvalue weighted by Crippen LogP contribution is 2.59. The van der Waals surface area contributed by atoms with E-state index in [-0.39, 0.29) is 18.0 Å². The number of nitrogens with one attached hydrogen (secondary N) is 1. The standard InChI is InChI=1S/C45H51N5S/c1-28-25-37-40(41-39(28)34-22-12-14-24-38(34)51-41)33-21-11-13-23-36(33)50(37)45-35(26-32(27-46-45)29-15-5-2-6-16-29)44-48-42(30-17-7-3-8-18-30)47-43(49-44)31-19-9-4-10-20-31/h2-3,5,7,9,11,13-15,19,23-24,27-28,30-31,33,35,37,40,45-46H,4,6,8,10,12,16-18,20-22,25-26H2,1H3/t28?,30?,31?,33?,35?,37?,40-,45?/m1/s1. The Morgan fingerprint density at radius 3 is 2.57 bits per heavy atom. The van der Waals surface area contributed by atoms with Crippen LogP contribution in [0.15, 0.2) is 89.9 Å². The maximum Gasteiger partial charge on any atom is 0.140 e. The number of rotatable bonds is 5. The van der Waals surface area contributed by atoms with Gasteiger partial charge in [0, 0.05) is 51.4 Å². The summed E-state index contributed by atoms with van der Waals surface area (Å²) in [6.07, 6.45) is 45.4. The van der Waals surface area contributed by atoms with Gasteiger partial charge in [-0.05, 0) is 124 Å². The lowest BCUT2D eigenvalue weighted by Crippen LogP contribution is -2.52. The molecule has 0 amide bonds. The Balaban J connectivity index is 1.10. The molecule has 10 rings (SSSR count). The molecule has 8 aliphatic rings.